The normalized spacial score (nSPS) is 13.3. The number of hydrogen-bond acceptors (Lipinski definition) is 7. The molecular formula is C26H34N3O10P. The van der Waals surface area contributed by atoms with Gasteiger partial charge in [0.1, 0.15) is 17.5 Å². The van der Waals surface area contributed by atoms with E-state index in [-0.39, 0.29) is 12.3 Å². The molecule has 14 heteroatoms. The van der Waals surface area contributed by atoms with E-state index >= 15 is 0 Å². The number of aliphatic carboxylic acids is 1. The zero-order valence-electron chi connectivity index (χ0n) is 22.6. The van der Waals surface area contributed by atoms with Crippen molar-refractivity contribution in [2.45, 2.75) is 44.7 Å². The molecule has 0 aromatic heterocycles. The minimum Gasteiger partial charge on any atom is -0.496 e. The van der Waals surface area contributed by atoms with Crippen molar-refractivity contribution in [3.05, 3.63) is 59.7 Å². The van der Waals surface area contributed by atoms with E-state index in [1.165, 1.54) is 36.1 Å². The number of rotatable bonds is 14. The Labute approximate surface area is 231 Å². The number of nitrogens with one attached hydrogen (secondary N) is 2. The smallest absolute Gasteiger partial charge is 0.496 e. The Bertz CT molecular complexity index is 1250. The summed E-state index contributed by atoms with van der Waals surface area (Å²) >= 11 is 0. The van der Waals surface area contributed by atoms with E-state index in [4.69, 9.17) is 14.5 Å². The van der Waals surface area contributed by atoms with Crippen LogP contribution in [0.4, 0.5) is 0 Å². The van der Waals surface area contributed by atoms with E-state index < -0.39 is 55.9 Å². The van der Waals surface area contributed by atoms with Crippen molar-refractivity contribution in [1.82, 2.24) is 15.5 Å². The first-order valence-corrected chi connectivity index (χ1v) is 13.8. The van der Waals surface area contributed by atoms with Gasteiger partial charge in [0, 0.05) is 26.9 Å². The van der Waals surface area contributed by atoms with Crippen LogP contribution in [0.25, 0.3) is 0 Å². The minimum atomic E-state index is -4.76. The fourth-order valence-corrected chi connectivity index (χ4v) is 4.28. The molecule has 2 rings (SSSR count). The summed E-state index contributed by atoms with van der Waals surface area (Å²) in [6.45, 7) is 2.94. The molecule has 0 saturated heterocycles. The van der Waals surface area contributed by atoms with Gasteiger partial charge in [-0.05, 0) is 42.7 Å². The van der Waals surface area contributed by atoms with Crippen LogP contribution in [0.5, 0.6) is 11.5 Å². The zero-order valence-corrected chi connectivity index (χ0v) is 23.5. The second-order valence-electron chi connectivity index (χ2n) is 9.09. The molecule has 0 aliphatic carbocycles. The maximum Gasteiger partial charge on any atom is 0.524 e. The molecule has 218 valence electrons. The second-order valence-corrected chi connectivity index (χ2v) is 10.2. The first-order valence-electron chi connectivity index (χ1n) is 12.2. The summed E-state index contributed by atoms with van der Waals surface area (Å²) in [6, 6.07) is 9.85. The van der Waals surface area contributed by atoms with E-state index in [1.807, 2.05) is 18.2 Å². The van der Waals surface area contributed by atoms with Crippen molar-refractivity contribution >= 4 is 31.5 Å². The van der Waals surface area contributed by atoms with E-state index in [1.54, 1.807) is 20.2 Å². The number of amides is 3. The van der Waals surface area contributed by atoms with Crippen LogP contribution in [0, 0.1) is 0 Å². The largest absolute Gasteiger partial charge is 0.524 e. The summed E-state index contributed by atoms with van der Waals surface area (Å²) in [6.07, 6.45) is 0.0588. The van der Waals surface area contributed by atoms with Crippen molar-refractivity contribution in [3.8, 4) is 11.5 Å². The van der Waals surface area contributed by atoms with Gasteiger partial charge in [0.2, 0.25) is 17.7 Å². The third-order valence-corrected chi connectivity index (χ3v) is 6.53. The van der Waals surface area contributed by atoms with Crippen molar-refractivity contribution in [3.63, 3.8) is 0 Å². The average molecular weight is 580 g/mol. The van der Waals surface area contributed by atoms with Crippen LogP contribution in [0.15, 0.2) is 48.5 Å². The fraction of sp³-hybridized carbons (Fsp3) is 0.385. The number of phosphoric ester groups is 1. The number of carboxylic acids is 1. The summed E-state index contributed by atoms with van der Waals surface area (Å²) in [4.78, 5) is 69.2. The standard InChI is InChI=1S/C26H34N3O10P/c1-16(18-9-11-20(12-10-18)39-40(35,36)37)25(32)28-21(24(26(33)34)27-17(2)30)15-23(31)29(3)14-13-19-7-5-6-8-22(19)38-4/h5-12,16,21,24H,13-15H2,1-4H3,(H,27,30)(H,28,32)(H,33,34)(H2,35,36,37). The molecule has 3 atom stereocenters. The van der Waals surface area contributed by atoms with E-state index in [0.29, 0.717) is 17.7 Å². The molecule has 5 N–H and O–H groups in total. The summed E-state index contributed by atoms with van der Waals surface area (Å²) in [5.41, 5.74) is 1.31. The van der Waals surface area contributed by atoms with Gasteiger partial charge >= 0.3 is 13.8 Å². The number of likely N-dealkylation sites (N-methyl/N-ethyl adjacent to an activating group) is 1. The van der Waals surface area contributed by atoms with Gasteiger partial charge in [-0.25, -0.2) is 9.36 Å². The summed E-state index contributed by atoms with van der Waals surface area (Å²) < 4.78 is 20.8. The Morgan fingerprint density at radius 2 is 1.65 bits per heavy atom. The zero-order chi connectivity index (χ0) is 30.0. The molecule has 2 aromatic rings. The summed E-state index contributed by atoms with van der Waals surface area (Å²) in [5.74, 6) is -3.47. The lowest BCUT2D eigenvalue weighted by molar-refractivity contribution is -0.143. The predicted molar refractivity (Wildman–Crippen MR) is 144 cm³/mol. The number of benzene rings is 2. The SMILES string of the molecule is COc1ccccc1CCN(C)C(=O)CC(NC(=O)C(C)c1ccc(OP(=O)(O)O)cc1)C(NC(C)=O)C(=O)O. The monoisotopic (exact) mass is 579 g/mol. The molecule has 0 aliphatic rings. The van der Waals surface area contributed by atoms with E-state index in [0.717, 1.165) is 12.5 Å². The first kappa shape index (κ1) is 32.3. The number of para-hydroxylation sites is 1. The van der Waals surface area contributed by atoms with Gasteiger partial charge in [-0.3, -0.25) is 24.2 Å². The third-order valence-electron chi connectivity index (χ3n) is 6.08. The van der Waals surface area contributed by atoms with Gasteiger partial charge in [0.15, 0.2) is 0 Å². The number of phosphoric acid groups is 1. The maximum absolute atomic E-state index is 13.1. The van der Waals surface area contributed by atoms with Crippen molar-refractivity contribution in [2.24, 2.45) is 0 Å². The number of hydrogen-bond donors (Lipinski definition) is 5. The molecule has 13 nitrogen and oxygen atoms in total. The molecule has 40 heavy (non-hydrogen) atoms. The molecule has 0 heterocycles. The highest BCUT2D eigenvalue weighted by atomic mass is 31.2. The van der Waals surface area contributed by atoms with Crippen LogP contribution in [-0.4, -0.2) is 76.3 Å². The second kappa shape index (κ2) is 14.5. The third kappa shape index (κ3) is 9.99. The number of nitrogens with zero attached hydrogens (tertiary/aromatic N) is 1. The van der Waals surface area contributed by atoms with Gasteiger partial charge in [0.05, 0.1) is 19.1 Å². The average Bonchev–Trinajstić information content (AvgIpc) is 2.88. The van der Waals surface area contributed by atoms with E-state index in [2.05, 4.69) is 15.2 Å². The quantitative estimate of drug-likeness (QED) is 0.205. The van der Waals surface area contributed by atoms with Crippen LogP contribution in [0.3, 0.4) is 0 Å². The first-order chi connectivity index (χ1) is 18.7. The van der Waals surface area contributed by atoms with Gasteiger partial charge in [-0.15, -0.1) is 0 Å². The predicted octanol–water partition coefficient (Wildman–Crippen LogP) is 1.44. The Morgan fingerprint density at radius 3 is 2.20 bits per heavy atom. The van der Waals surface area contributed by atoms with Gasteiger partial charge < -0.3 is 29.9 Å². The molecule has 0 spiro atoms. The number of carbonyl (C=O) groups excluding carboxylic acids is 3. The number of ether oxygens (including phenoxy) is 1. The minimum absolute atomic E-state index is 0.110. The van der Waals surface area contributed by atoms with Crippen LogP contribution in [0.1, 0.15) is 37.3 Å². The Balaban J connectivity index is 2.18. The lowest BCUT2D eigenvalue weighted by Gasteiger charge is -2.28. The highest BCUT2D eigenvalue weighted by Gasteiger charge is 2.34. The molecule has 0 aliphatic heterocycles. The number of methoxy groups -OCH3 is 1. The molecule has 2 aromatic carbocycles. The lowest BCUT2D eigenvalue weighted by Crippen LogP contribution is -2.57. The highest BCUT2D eigenvalue weighted by molar-refractivity contribution is 7.46. The van der Waals surface area contributed by atoms with Crippen molar-refractivity contribution in [1.29, 1.82) is 0 Å². The van der Waals surface area contributed by atoms with Crippen LogP contribution >= 0.6 is 7.82 Å². The van der Waals surface area contributed by atoms with Crippen LogP contribution in [-0.2, 0) is 30.2 Å². The molecule has 0 saturated carbocycles. The lowest BCUT2D eigenvalue weighted by atomic mass is 9.97. The fourth-order valence-electron chi connectivity index (χ4n) is 3.89. The maximum atomic E-state index is 13.1. The Morgan fingerprint density at radius 1 is 1.02 bits per heavy atom. The molecule has 3 unspecified atom stereocenters. The number of carboxylic acid groups (broad SMARTS) is 1. The van der Waals surface area contributed by atoms with Crippen molar-refractivity contribution < 1.29 is 47.9 Å². The van der Waals surface area contributed by atoms with Crippen LogP contribution < -0.4 is 19.9 Å². The highest BCUT2D eigenvalue weighted by Crippen LogP contribution is 2.37. The Hall–Kier alpha value is -3.93. The molecular weight excluding hydrogens is 545 g/mol. The Kier molecular flexibility index (Phi) is 11.7. The molecule has 0 radical (unpaired) electrons. The van der Waals surface area contributed by atoms with Gasteiger partial charge in [0.25, 0.3) is 0 Å². The van der Waals surface area contributed by atoms with E-state index in [9.17, 15) is 28.8 Å². The number of carbonyl (C=O) groups is 4. The molecule has 0 bridgehead atoms. The molecule has 0 fully saturated rings. The van der Waals surface area contributed by atoms with Gasteiger partial charge in [-0.2, -0.15) is 0 Å². The summed E-state index contributed by atoms with van der Waals surface area (Å²) in [5, 5.41) is 14.6. The molecule has 3 amide bonds. The summed E-state index contributed by atoms with van der Waals surface area (Å²) in [7, 11) is -1.66. The van der Waals surface area contributed by atoms with Crippen LogP contribution in [0.2, 0.25) is 0 Å². The van der Waals surface area contributed by atoms with Gasteiger partial charge in [-0.1, -0.05) is 30.3 Å². The van der Waals surface area contributed by atoms with Crippen molar-refractivity contribution in [2.75, 3.05) is 20.7 Å². The topological polar surface area (TPSA) is 192 Å².